The van der Waals surface area contributed by atoms with Crippen LogP contribution in [-0.2, 0) is 9.59 Å². The van der Waals surface area contributed by atoms with E-state index in [4.69, 9.17) is 0 Å². The Labute approximate surface area is 187 Å². The Kier molecular flexibility index (Phi) is 6.54. The minimum atomic E-state index is -0.977. The molecule has 0 spiro atoms. The normalized spacial score (nSPS) is 20.6. The van der Waals surface area contributed by atoms with E-state index in [1.165, 1.54) is 0 Å². The van der Waals surface area contributed by atoms with Gasteiger partial charge in [-0.05, 0) is 37.1 Å². The third-order valence-corrected chi connectivity index (χ3v) is 6.19. The molecule has 2 aromatic carbocycles. The second kappa shape index (κ2) is 9.68. The van der Waals surface area contributed by atoms with Crippen LogP contribution in [0.25, 0.3) is 0 Å². The average Bonchev–Trinajstić information content (AvgIpc) is 2.84. The van der Waals surface area contributed by atoms with Gasteiger partial charge in [0.2, 0.25) is 5.91 Å². The lowest BCUT2D eigenvalue weighted by Crippen LogP contribution is -2.49. The molecule has 7 heteroatoms. The van der Waals surface area contributed by atoms with Gasteiger partial charge in [0.25, 0.3) is 5.91 Å². The highest BCUT2D eigenvalue weighted by Crippen LogP contribution is 2.28. The van der Waals surface area contributed by atoms with Crippen LogP contribution in [-0.4, -0.2) is 54.0 Å². The van der Waals surface area contributed by atoms with Crippen LogP contribution in [0.4, 0.5) is 11.4 Å². The smallest absolute Gasteiger partial charge is 0.307 e. The van der Waals surface area contributed by atoms with Gasteiger partial charge in [0, 0.05) is 31.9 Å². The first-order valence-corrected chi connectivity index (χ1v) is 10.9. The molecule has 2 atom stereocenters. The van der Waals surface area contributed by atoms with Gasteiger partial charge in [0.05, 0.1) is 23.1 Å². The molecule has 1 heterocycles. The minimum Gasteiger partial charge on any atom is -0.481 e. The molecule has 0 unspecified atom stereocenters. The minimum absolute atomic E-state index is 0.132. The molecule has 1 fully saturated rings. The summed E-state index contributed by atoms with van der Waals surface area (Å²) in [5.74, 6) is -2.89. The van der Waals surface area contributed by atoms with Crippen LogP contribution in [0.3, 0.4) is 0 Å². The number of rotatable bonds is 5. The summed E-state index contributed by atoms with van der Waals surface area (Å²) in [5, 5.41) is 12.3. The second-order valence-electron chi connectivity index (χ2n) is 8.14. The van der Waals surface area contributed by atoms with Crippen LogP contribution in [0.15, 0.2) is 66.7 Å². The summed E-state index contributed by atoms with van der Waals surface area (Å²) >= 11 is 0. The van der Waals surface area contributed by atoms with Gasteiger partial charge in [-0.15, -0.1) is 0 Å². The topological polar surface area (TPSA) is 90.0 Å². The third-order valence-electron chi connectivity index (χ3n) is 6.19. The Morgan fingerprint density at radius 2 is 1.44 bits per heavy atom. The van der Waals surface area contributed by atoms with E-state index in [-0.39, 0.29) is 11.8 Å². The molecule has 2 aliphatic rings. The summed E-state index contributed by atoms with van der Waals surface area (Å²) in [7, 11) is 0. The quantitative estimate of drug-likeness (QED) is 0.707. The zero-order valence-corrected chi connectivity index (χ0v) is 17.8. The van der Waals surface area contributed by atoms with Crippen molar-refractivity contribution >= 4 is 29.2 Å². The molecule has 166 valence electrons. The Hall–Kier alpha value is -3.61. The van der Waals surface area contributed by atoms with Crippen LogP contribution >= 0.6 is 0 Å². The number of nitrogens with one attached hydrogen (secondary N) is 1. The number of benzene rings is 2. The zero-order valence-electron chi connectivity index (χ0n) is 17.8. The van der Waals surface area contributed by atoms with Crippen molar-refractivity contribution in [2.24, 2.45) is 11.8 Å². The Morgan fingerprint density at radius 3 is 2.12 bits per heavy atom. The summed E-state index contributed by atoms with van der Waals surface area (Å²) in [6, 6.07) is 17.0. The van der Waals surface area contributed by atoms with Gasteiger partial charge in [-0.2, -0.15) is 0 Å². The molecule has 1 saturated heterocycles. The Balaban J connectivity index is 1.44. The molecule has 2 N–H and O–H groups in total. The first-order chi connectivity index (χ1) is 15.5. The second-order valence-corrected chi connectivity index (χ2v) is 8.14. The molecule has 1 aliphatic carbocycles. The maximum Gasteiger partial charge on any atom is 0.307 e. The van der Waals surface area contributed by atoms with Crippen molar-refractivity contribution in [1.29, 1.82) is 0 Å². The highest BCUT2D eigenvalue weighted by Gasteiger charge is 2.34. The number of anilines is 2. The van der Waals surface area contributed by atoms with Crippen molar-refractivity contribution in [3.8, 4) is 0 Å². The van der Waals surface area contributed by atoms with Crippen LogP contribution in [0.5, 0.6) is 0 Å². The fourth-order valence-corrected chi connectivity index (χ4v) is 4.36. The van der Waals surface area contributed by atoms with Crippen LogP contribution in [0.1, 0.15) is 23.2 Å². The number of para-hydroxylation sites is 2. The summed E-state index contributed by atoms with van der Waals surface area (Å²) in [6.07, 6.45) is 4.35. The number of carboxylic acids is 1. The van der Waals surface area contributed by atoms with Crippen molar-refractivity contribution in [2.45, 2.75) is 12.8 Å². The highest BCUT2D eigenvalue weighted by atomic mass is 16.4. The monoisotopic (exact) mass is 433 g/mol. The predicted molar refractivity (Wildman–Crippen MR) is 123 cm³/mol. The van der Waals surface area contributed by atoms with E-state index in [9.17, 15) is 19.5 Å². The van der Waals surface area contributed by atoms with Crippen molar-refractivity contribution in [1.82, 2.24) is 4.90 Å². The first-order valence-electron chi connectivity index (χ1n) is 10.9. The number of nitrogens with zero attached hydrogens (tertiary/aromatic N) is 2. The van der Waals surface area contributed by atoms with Gasteiger partial charge in [0.1, 0.15) is 0 Å². The predicted octanol–water partition coefficient (Wildman–Crippen LogP) is 3.25. The molecule has 1 aliphatic heterocycles. The van der Waals surface area contributed by atoms with Crippen LogP contribution in [0.2, 0.25) is 0 Å². The molecule has 7 nitrogen and oxygen atoms in total. The number of allylic oxidation sites excluding steroid dienone is 2. The summed E-state index contributed by atoms with van der Waals surface area (Å²) < 4.78 is 0. The van der Waals surface area contributed by atoms with E-state index in [1.807, 2.05) is 24.3 Å². The van der Waals surface area contributed by atoms with Crippen molar-refractivity contribution in [2.75, 3.05) is 36.4 Å². The van der Waals surface area contributed by atoms with E-state index in [0.717, 1.165) is 18.8 Å². The zero-order chi connectivity index (χ0) is 22.5. The Bertz CT molecular complexity index is 1010. The summed E-state index contributed by atoms with van der Waals surface area (Å²) in [6.45, 7) is 2.65. The molecule has 0 radical (unpaired) electrons. The maximum absolute atomic E-state index is 13.2. The molecule has 2 aromatic rings. The fraction of sp³-hybridized carbons (Fsp3) is 0.320. The SMILES string of the molecule is O=C(Nc1ccccc1C(=O)N1CCN(c2ccccc2)CC1)[C@H]1CC=CC[C@H]1C(=O)O. The third kappa shape index (κ3) is 4.66. The highest BCUT2D eigenvalue weighted by molar-refractivity contribution is 6.04. The molecule has 2 amide bonds. The molecule has 4 rings (SSSR count). The molecular formula is C25H27N3O4. The maximum atomic E-state index is 13.2. The molecular weight excluding hydrogens is 406 g/mol. The largest absolute Gasteiger partial charge is 0.481 e. The van der Waals surface area contributed by atoms with E-state index >= 15 is 0 Å². The number of hydrogen-bond acceptors (Lipinski definition) is 4. The first kappa shape index (κ1) is 21.6. The van der Waals surface area contributed by atoms with E-state index in [2.05, 4.69) is 22.3 Å². The van der Waals surface area contributed by atoms with Crippen molar-refractivity contribution in [3.63, 3.8) is 0 Å². The molecule has 32 heavy (non-hydrogen) atoms. The summed E-state index contributed by atoms with van der Waals surface area (Å²) in [4.78, 5) is 41.7. The van der Waals surface area contributed by atoms with Crippen molar-refractivity contribution in [3.05, 3.63) is 72.3 Å². The number of hydrogen-bond donors (Lipinski definition) is 2. The van der Waals surface area contributed by atoms with Crippen molar-refractivity contribution < 1.29 is 19.5 Å². The lowest BCUT2D eigenvalue weighted by Gasteiger charge is -2.36. The number of carbonyl (C=O) groups is 3. The van der Waals surface area contributed by atoms with Gasteiger partial charge in [0.15, 0.2) is 0 Å². The van der Waals surface area contributed by atoms with Gasteiger partial charge < -0.3 is 20.2 Å². The van der Waals surface area contributed by atoms with Crippen LogP contribution < -0.4 is 10.2 Å². The fourth-order valence-electron chi connectivity index (χ4n) is 4.36. The molecule has 0 bridgehead atoms. The lowest BCUT2D eigenvalue weighted by atomic mass is 9.82. The number of aliphatic carboxylic acids is 1. The van der Waals surface area contributed by atoms with E-state index in [1.54, 1.807) is 35.2 Å². The molecule has 0 aromatic heterocycles. The Morgan fingerprint density at radius 1 is 0.812 bits per heavy atom. The van der Waals surface area contributed by atoms with Crippen LogP contribution in [0, 0.1) is 11.8 Å². The van der Waals surface area contributed by atoms with E-state index in [0.29, 0.717) is 37.2 Å². The number of piperazine rings is 1. The number of carboxylic acid groups (broad SMARTS) is 1. The van der Waals surface area contributed by atoms with Gasteiger partial charge in [-0.3, -0.25) is 14.4 Å². The van der Waals surface area contributed by atoms with Gasteiger partial charge in [-0.25, -0.2) is 0 Å². The lowest BCUT2D eigenvalue weighted by molar-refractivity contribution is -0.146. The standard InChI is InChI=1S/C25H27N3O4/c29-23(19-10-4-5-11-20(19)25(31)32)26-22-13-7-6-12-21(22)24(30)28-16-14-27(15-17-28)18-8-2-1-3-9-18/h1-9,12-13,19-20H,10-11,14-17H2,(H,26,29)(H,31,32)/t19-,20+/m0/s1. The number of carbonyl (C=O) groups excluding carboxylic acids is 2. The van der Waals surface area contributed by atoms with Gasteiger partial charge >= 0.3 is 5.97 Å². The molecule has 0 saturated carbocycles. The average molecular weight is 434 g/mol. The van der Waals surface area contributed by atoms with E-state index < -0.39 is 17.8 Å². The summed E-state index contributed by atoms with van der Waals surface area (Å²) in [5.41, 5.74) is 1.99. The van der Waals surface area contributed by atoms with Gasteiger partial charge in [-0.1, -0.05) is 42.5 Å². The number of amides is 2.